The zero-order valence-corrected chi connectivity index (χ0v) is 11.2. The number of likely N-dealkylation sites (N-methyl/N-ethyl adjacent to an activating group) is 1. The Hall–Kier alpha value is -1.58. The van der Waals surface area contributed by atoms with E-state index in [2.05, 4.69) is 36.8 Å². The second kappa shape index (κ2) is 3.70. The molecule has 0 N–H and O–H groups in total. The van der Waals surface area contributed by atoms with Crippen LogP contribution >= 0.6 is 0 Å². The maximum Gasteiger partial charge on any atom is 0.228 e. The molecule has 0 radical (unpaired) electrons. The van der Waals surface area contributed by atoms with Gasteiger partial charge in [0.25, 0.3) is 0 Å². The summed E-state index contributed by atoms with van der Waals surface area (Å²) < 4.78 is 0. The molecule has 1 saturated heterocycles. The number of carbonyl (C=O) groups excluding carboxylic acids is 1. The summed E-state index contributed by atoms with van der Waals surface area (Å²) in [6.45, 7) is 6.27. The van der Waals surface area contributed by atoms with Crippen LogP contribution < -0.4 is 9.80 Å². The lowest BCUT2D eigenvalue weighted by Crippen LogP contribution is -2.25. The first-order chi connectivity index (χ1) is 8.49. The van der Waals surface area contributed by atoms with Crippen molar-refractivity contribution in [2.45, 2.75) is 32.1 Å². The van der Waals surface area contributed by atoms with E-state index in [0.29, 0.717) is 6.42 Å². The number of rotatable bonds is 1. The Kier molecular flexibility index (Phi) is 2.37. The van der Waals surface area contributed by atoms with Gasteiger partial charge in [0.2, 0.25) is 5.91 Å². The first-order valence-electron chi connectivity index (χ1n) is 6.51. The minimum Gasteiger partial charge on any atom is -0.373 e. The molecule has 2 aliphatic rings. The third kappa shape index (κ3) is 1.59. The molecule has 3 heterocycles. The van der Waals surface area contributed by atoms with Crippen LogP contribution in [-0.4, -0.2) is 31.0 Å². The van der Waals surface area contributed by atoms with Crippen molar-refractivity contribution >= 4 is 17.4 Å². The number of hydrogen-bond acceptors (Lipinski definition) is 3. The highest BCUT2D eigenvalue weighted by atomic mass is 16.2. The zero-order valence-electron chi connectivity index (χ0n) is 11.2. The van der Waals surface area contributed by atoms with E-state index < -0.39 is 0 Å². The van der Waals surface area contributed by atoms with Crippen molar-refractivity contribution in [3.05, 3.63) is 17.8 Å². The predicted molar refractivity (Wildman–Crippen MR) is 72.1 cm³/mol. The lowest BCUT2D eigenvalue weighted by molar-refractivity contribution is -0.117. The van der Waals surface area contributed by atoms with E-state index in [-0.39, 0.29) is 11.3 Å². The van der Waals surface area contributed by atoms with Crippen LogP contribution in [0.25, 0.3) is 0 Å². The molecule has 1 aromatic rings. The monoisotopic (exact) mass is 245 g/mol. The number of carbonyl (C=O) groups is 1. The van der Waals surface area contributed by atoms with Crippen LogP contribution in [0.2, 0.25) is 0 Å². The number of amides is 1. The van der Waals surface area contributed by atoms with Crippen LogP contribution in [0.1, 0.15) is 32.3 Å². The van der Waals surface area contributed by atoms with E-state index in [0.717, 1.165) is 25.3 Å². The summed E-state index contributed by atoms with van der Waals surface area (Å²) in [6.07, 6.45) is 3.54. The lowest BCUT2D eigenvalue weighted by Gasteiger charge is -2.18. The van der Waals surface area contributed by atoms with E-state index in [9.17, 15) is 4.79 Å². The molecule has 1 amide bonds. The molecule has 1 fully saturated rings. The number of fused-ring (bicyclic) bond motifs is 1. The molecular formula is C14H19N3O. The van der Waals surface area contributed by atoms with Crippen LogP contribution in [-0.2, 0) is 10.2 Å². The van der Waals surface area contributed by atoms with Gasteiger partial charge in [0.05, 0.1) is 0 Å². The summed E-state index contributed by atoms with van der Waals surface area (Å²) in [5, 5.41) is 0. The van der Waals surface area contributed by atoms with Crippen molar-refractivity contribution in [2.24, 2.45) is 0 Å². The third-order valence-corrected chi connectivity index (χ3v) is 3.99. The fraction of sp³-hybridized carbons (Fsp3) is 0.571. The summed E-state index contributed by atoms with van der Waals surface area (Å²) in [4.78, 5) is 20.3. The van der Waals surface area contributed by atoms with Gasteiger partial charge in [-0.2, -0.15) is 0 Å². The van der Waals surface area contributed by atoms with Gasteiger partial charge in [-0.1, -0.05) is 13.8 Å². The Labute approximate surface area is 108 Å². The smallest absolute Gasteiger partial charge is 0.228 e. The molecule has 96 valence electrons. The molecule has 2 aliphatic heterocycles. The van der Waals surface area contributed by atoms with Gasteiger partial charge in [-0.25, -0.2) is 4.98 Å². The number of anilines is 2. The lowest BCUT2D eigenvalue weighted by atomic mass is 9.88. The molecule has 0 unspecified atom stereocenters. The minimum absolute atomic E-state index is 0.143. The van der Waals surface area contributed by atoms with Crippen molar-refractivity contribution in [1.29, 1.82) is 0 Å². The van der Waals surface area contributed by atoms with E-state index in [4.69, 9.17) is 0 Å². The average molecular weight is 245 g/mol. The Morgan fingerprint density at radius 2 is 2.17 bits per heavy atom. The van der Waals surface area contributed by atoms with Crippen molar-refractivity contribution in [1.82, 2.24) is 4.98 Å². The summed E-state index contributed by atoms with van der Waals surface area (Å²) >= 11 is 0. The number of nitrogens with zero attached hydrogens (tertiary/aromatic N) is 3. The van der Waals surface area contributed by atoms with Crippen LogP contribution in [0.3, 0.4) is 0 Å². The van der Waals surface area contributed by atoms with Gasteiger partial charge < -0.3 is 4.90 Å². The first-order valence-corrected chi connectivity index (χ1v) is 6.51. The van der Waals surface area contributed by atoms with Gasteiger partial charge in [-0.15, -0.1) is 0 Å². The number of pyridine rings is 1. The molecule has 0 spiro atoms. The molecule has 0 saturated carbocycles. The maximum absolute atomic E-state index is 11.8. The van der Waals surface area contributed by atoms with Crippen molar-refractivity contribution in [3.63, 3.8) is 0 Å². The fourth-order valence-electron chi connectivity index (χ4n) is 3.07. The zero-order chi connectivity index (χ0) is 12.9. The SMILES string of the molecule is CN1CC(C)(C)c2cnc(N3CCCC3=O)cc21. The molecule has 3 rings (SSSR count). The molecule has 4 heteroatoms. The van der Waals surface area contributed by atoms with Gasteiger partial charge in [0, 0.05) is 55.5 Å². The van der Waals surface area contributed by atoms with Gasteiger partial charge in [0.15, 0.2) is 0 Å². The van der Waals surface area contributed by atoms with E-state index >= 15 is 0 Å². The molecular weight excluding hydrogens is 226 g/mol. The Bertz CT molecular complexity index is 510. The minimum atomic E-state index is 0.143. The Morgan fingerprint density at radius 3 is 2.83 bits per heavy atom. The van der Waals surface area contributed by atoms with Gasteiger partial charge in [0.1, 0.15) is 5.82 Å². The molecule has 0 atom stereocenters. The second-order valence-corrected chi connectivity index (χ2v) is 5.95. The maximum atomic E-state index is 11.8. The molecule has 18 heavy (non-hydrogen) atoms. The van der Waals surface area contributed by atoms with Crippen molar-refractivity contribution < 1.29 is 4.79 Å². The molecule has 4 nitrogen and oxygen atoms in total. The van der Waals surface area contributed by atoms with Gasteiger partial charge in [-0.3, -0.25) is 9.69 Å². The summed E-state index contributed by atoms with van der Waals surface area (Å²) in [5.74, 6) is 1.00. The highest BCUT2D eigenvalue weighted by Gasteiger charge is 2.35. The molecule has 1 aromatic heterocycles. The summed E-state index contributed by atoms with van der Waals surface area (Å²) in [6, 6.07) is 2.06. The van der Waals surface area contributed by atoms with Crippen LogP contribution in [0.4, 0.5) is 11.5 Å². The third-order valence-electron chi connectivity index (χ3n) is 3.99. The summed E-state index contributed by atoms with van der Waals surface area (Å²) in [7, 11) is 2.10. The predicted octanol–water partition coefficient (Wildman–Crippen LogP) is 1.94. The standard InChI is InChI=1S/C14H19N3O/c1-14(2)9-16(3)11-7-12(15-8-10(11)14)17-6-4-5-13(17)18/h7-8H,4-6,9H2,1-3H3. The number of aromatic nitrogens is 1. The molecule has 0 bridgehead atoms. The molecule has 0 aliphatic carbocycles. The topological polar surface area (TPSA) is 36.4 Å². The highest BCUT2D eigenvalue weighted by molar-refractivity contribution is 5.95. The van der Waals surface area contributed by atoms with Crippen LogP contribution in [0, 0.1) is 0 Å². The fourth-order valence-corrected chi connectivity index (χ4v) is 3.07. The van der Waals surface area contributed by atoms with Gasteiger partial charge in [-0.05, 0) is 6.42 Å². The quantitative estimate of drug-likeness (QED) is 0.758. The van der Waals surface area contributed by atoms with Crippen LogP contribution in [0.5, 0.6) is 0 Å². The van der Waals surface area contributed by atoms with Gasteiger partial charge >= 0.3 is 0 Å². The highest BCUT2D eigenvalue weighted by Crippen LogP contribution is 2.40. The Morgan fingerprint density at radius 1 is 1.39 bits per heavy atom. The first kappa shape index (κ1) is 11.5. The van der Waals surface area contributed by atoms with Crippen molar-refractivity contribution in [3.8, 4) is 0 Å². The normalized spacial score (nSPS) is 21.6. The number of hydrogen-bond donors (Lipinski definition) is 0. The average Bonchev–Trinajstić information content (AvgIpc) is 2.82. The largest absolute Gasteiger partial charge is 0.373 e. The van der Waals surface area contributed by atoms with E-state index in [1.54, 1.807) is 4.90 Å². The van der Waals surface area contributed by atoms with Crippen molar-refractivity contribution in [2.75, 3.05) is 29.9 Å². The second-order valence-electron chi connectivity index (χ2n) is 5.95. The Balaban J connectivity index is 2.02. The van der Waals surface area contributed by atoms with Crippen LogP contribution in [0.15, 0.2) is 12.3 Å². The summed E-state index contributed by atoms with van der Waals surface area (Å²) in [5.41, 5.74) is 2.63. The van der Waals surface area contributed by atoms with E-state index in [1.165, 1.54) is 11.3 Å². The van der Waals surface area contributed by atoms with E-state index in [1.807, 2.05) is 6.20 Å². The molecule has 0 aromatic carbocycles.